The van der Waals surface area contributed by atoms with Crippen LogP contribution in [0, 0.1) is 0 Å². The van der Waals surface area contributed by atoms with Gasteiger partial charge in [0.15, 0.2) is 0 Å². The minimum Gasteiger partial charge on any atom is -0.308 e. The van der Waals surface area contributed by atoms with Gasteiger partial charge in [0.2, 0.25) is 0 Å². The molecule has 0 fully saturated rings. The smallest absolute Gasteiger partial charge is 0.0701 e. The van der Waals surface area contributed by atoms with Gasteiger partial charge in [-0.3, -0.25) is 0 Å². The van der Waals surface area contributed by atoms with Crippen molar-refractivity contribution in [3.63, 3.8) is 0 Å². The van der Waals surface area contributed by atoms with E-state index >= 15 is 0 Å². The number of benzene rings is 1. The summed E-state index contributed by atoms with van der Waals surface area (Å²) in [6, 6.07) is 9.83. The molecule has 0 aliphatic heterocycles. The maximum absolute atomic E-state index is 6.10. The molecule has 0 saturated heterocycles. The maximum Gasteiger partial charge on any atom is 0.0701 e. The molecule has 0 radical (unpaired) electrons. The van der Waals surface area contributed by atoms with Crippen molar-refractivity contribution >= 4 is 50.5 Å². The van der Waals surface area contributed by atoms with Gasteiger partial charge in [0.05, 0.1) is 13.8 Å². The Hall–Kier alpha value is -0.0600. The van der Waals surface area contributed by atoms with Gasteiger partial charge < -0.3 is 5.32 Å². The van der Waals surface area contributed by atoms with Gasteiger partial charge in [0.25, 0.3) is 0 Å². The Balaban J connectivity index is 1.92. The number of hydrogen-bond donors (Lipinski definition) is 1. The van der Waals surface area contributed by atoms with Crippen LogP contribution in [-0.2, 0) is 13.1 Å². The van der Waals surface area contributed by atoms with E-state index in [0.717, 1.165) is 22.4 Å². The van der Waals surface area contributed by atoms with Crippen LogP contribution in [0.1, 0.15) is 10.4 Å². The first-order valence-electron chi connectivity index (χ1n) is 5.04. The zero-order valence-corrected chi connectivity index (χ0v) is 12.8. The SMILES string of the molecule is Clc1cccc(CNCc2ccc(Br)s2)c1Cl. The monoisotopic (exact) mass is 349 g/mol. The molecular weight excluding hydrogens is 341 g/mol. The van der Waals surface area contributed by atoms with Crippen LogP contribution in [0.2, 0.25) is 10.0 Å². The lowest BCUT2D eigenvalue weighted by Gasteiger charge is -2.06. The molecule has 1 aromatic carbocycles. The van der Waals surface area contributed by atoms with Crippen LogP contribution >= 0.6 is 50.5 Å². The van der Waals surface area contributed by atoms with Gasteiger partial charge in [-0.05, 0) is 39.7 Å². The number of halogens is 3. The van der Waals surface area contributed by atoms with Gasteiger partial charge in [-0.15, -0.1) is 11.3 Å². The van der Waals surface area contributed by atoms with Gasteiger partial charge in [0, 0.05) is 18.0 Å². The summed E-state index contributed by atoms with van der Waals surface area (Å²) in [5.41, 5.74) is 1.02. The molecule has 1 heterocycles. The summed E-state index contributed by atoms with van der Waals surface area (Å²) < 4.78 is 1.15. The van der Waals surface area contributed by atoms with Crippen molar-refractivity contribution in [2.45, 2.75) is 13.1 Å². The molecule has 0 aliphatic rings. The second kappa shape index (κ2) is 6.21. The summed E-state index contributed by atoms with van der Waals surface area (Å²) in [6.07, 6.45) is 0. The average molecular weight is 351 g/mol. The van der Waals surface area contributed by atoms with E-state index in [1.54, 1.807) is 17.4 Å². The second-order valence-corrected chi connectivity index (χ2v) is 6.86. The Kier molecular flexibility index (Phi) is 4.88. The Morgan fingerprint density at radius 2 is 1.94 bits per heavy atom. The molecule has 5 heteroatoms. The van der Waals surface area contributed by atoms with Crippen LogP contribution in [0.3, 0.4) is 0 Å². The molecule has 0 aliphatic carbocycles. The topological polar surface area (TPSA) is 12.0 Å². The third-order valence-electron chi connectivity index (χ3n) is 2.28. The maximum atomic E-state index is 6.10. The van der Waals surface area contributed by atoms with Crippen molar-refractivity contribution < 1.29 is 0 Å². The highest BCUT2D eigenvalue weighted by atomic mass is 79.9. The van der Waals surface area contributed by atoms with Crippen molar-refractivity contribution in [1.82, 2.24) is 5.32 Å². The van der Waals surface area contributed by atoms with Crippen LogP contribution in [-0.4, -0.2) is 0 Å². The first-order chi connectivity index (χ1) is 8.16. The fourth-order valence-electron chi connectivity index (χ4n) is 1.45. The molecule has 0 unspecified atom stereocenters. The summed E-state index contributed by atoms with van der Waals surface area (Å²) in [5.74, 6) is 0. The normalized spacial score (nSPS) is 10.8. The van der Waals surface area contributed by atoms with Crippen LogP contribution in [0.4, 0.5) is 0 Å². The fourth-order valence-corrected chi connectivity index (χ4v) is 3.29. The van der Waals surface area contributed by atoms with Gasteiger partial charge in [-0.1, -0.05) is 35.3 Å². The molecule has 0 amide bonds. The Morgan fingerprint density at radius 3 is 2.65 bits per heavy atom. The van der Waals surface area contributed by atoms with E-state index in [0.29, 0.717) is 10.0 Å². The molecule has 0 atom stereocenters. The van der Waals surface area contributed by atoms with E-state index in [9.17, 15) is 0 Å². The Bertz CT molecular complexity index is 513. The van der Waals surface area contributed by atoms with Crippen LogP contribution in [0.25, 0.3) is 0 Å². The van der Waals surface area contributed by atoms with E-state index in [1.807, 2.05) is 18.2 Å². The average Bonchev–Trinajstić information content (AvgIpc) is 2.70. The molecule has 1 N–H and O–H groups in total. The quantitative estimate of drug-likeness (QED) is 0.808. The van der Waals surface area contributed by atoms with Crippen LogP contribution < -0.4 is 5.32 Å². The zero-order chi connectivity index (χ0) is 12.3. The van der Waals surface area contributed by atoms with Crippen molar-refractivity contribution in [2.24, 2.45) is 0 Å². The predicted octanol–water partition coefficient (Wildman–Crippen LogP) is 5.11. The highest BCUT2D eigenvalue weighted by Crippen LogP contribution is 2.26. The zero-order valence-electron chi connectivity index (χ0n) is 8.84. The van der Waals surface area contributed by atoms with E-state index in [4.69, 9.17) is 23.2 Å². The minimum absolute atomic E-state index is 0.602. The molecule has 2 rings (SSSR count). The number of rotatable bonds is 4. The standard InChI is InChI=1S/C12H10BrCl2NS/c13-11-5-4-9(17-11)7-16-6-8-2-1-3-10(14)12(8)15/h1-5,16H,6-7H2. The third kappa shape index (κ3) is 3.70. The molecular formula is C12H10BrCl2NS. The lowest BCUT2D eigenvalue weighted by molar-refractivity contribution is 0.701. The van der Waals surface area contributed by atoms with Crippen molar-refractivity contribution in [3.05, 3.63) is 54.6 Å². The highest BCUT2D eigenvalue weighted by molar-refractivity contribution is 9.11. The predicted molar refractivity (Wildman–Crippen MR) is 79.0 cm³/mol. The van der Waals surface area contributed by atoms with E-state index in [1.165, 1.54) is 4.88 Å². The summed E-state index contributed by atoms with van der Waals surface area (Å²) in [4.78, 5) is 1.29. The van der Waals surface area contributed by atoms with Gasteiger partial charge in [-0.25, -0.2) is 0 Å². The lowest BCUT2D eigenvalue weighted by Crippen LogP contribution is -2.12. The molecule has 0 saturated carbocycles. The van der Waals surface area contributed by atoms with Gasteiger partial charge >= 0.3 is 0 Å². The molecule has 2 aromatic rings. The Labute approximate surface area is 123 Å². The molecule has 1 nitrogen and oxygen atoms in total. The van der Waals surface area contributed by atoms with Crippen LogP contribution in [0.5, 0.6) is 0 Å². The van der Waals surface area contributed by atoms with E-state index in [-0.39, 0.29) is 0 Å². The first-order valence-corrected chi connectivity index (χ1v) is 7.41. The minimum atomic E-state index is 0.602. The molecule has 0 bridgehead atoms. The van der Waals surface area contributed by atoms with Gasteiger partial charge in [-0.2, -0.15) is 0 Å². The first kappa shape index (κ1) is 13.4. The number of nitrogens with one attached hydrogen (secondary N) is 1. The number of hydrogen-bond acceptors (Lipinski definition) is 2. The second-order valence-electron chi connectivity index (χ2n) is 3.52. The number of thiophene rings is 1. The summed E-state index contributed by atoms with van der Waals surface area (Å²) in [7, 11) is 0. The van der Waals surface area contributed by atoms with Crippen LogP contribution in [0.15, 0.2) is 34.1 Å². The Morgan fingerprint density at radius 1 is 1.12 bits per heavy atom. The van der Waals surface area contributed by atoms with E-state index < -0.39 is 0 Å². The van der Waals surface area contributed by atoms with Crippen molar-refractivity contribution in [3.8, 4) is 0 Å². The summed E-state index contributed by atoms with van der Waals surface area (Å²) in [6.45, 7) is 1.55. The van der Waals surface area contributed by atoms with E-state index in [2.05, 4.69) is 27.3 Å². The molecule has 1 aromatic heterocycles. The van der Waals surface area contributed by atoms with Crippen molar-refractivity contribution in [1.29, 1.82) is 0 Å². The summed E-state index contributed by atoms with van der Waals surface area (Å²) in [5, 5.41) is 4.58. The summed E-state index contributed by atoms with van der Waals surface area (Å²) >= 11 is 17.2. The lowest BCUT2D eigenvalue weighted by atomic mass is 10.2. The fraction of sp³-hybridized carbons (Fsp3) is 0.167. The molecule has 90 valence electrons. The van der Waals surface area contributed by atoms with Gasteiger partial charge in [0.1, 0.15) is 0 Å². The molecule has 17 heavy (non-hydrogen) atoms. The van der Waals surface area contributed by atoms with Crippen molar-refractivity contribution in [2.75, 3.05) is 0 Å². The molecule has 0 spiro atoms. The highest BCUT2D eigenvalue weighted by Gasteiger charge is 2.04. The largest absolute Gasteiger partial charge is 0.308 e. The third-order valence-corrected chi connectivity index (χ3v) is 4.76.